The van der Waals surface area contributed by atoms with E-state index >= 15 is 0 Å². The van der Waals surface area contributed by atoms with Gasteiger partial charge in [0.2, 0.25) is 11.8 Å². The molecule has 1 aromatic heterocycles. The van der Waals surface area contributed by atoms with Gasteiger partial charge in [-0.2, -0.15) is 18.4 Å². The molecule has 0 saturated heterocycles. The van der Waals surface area contributed by atoms with Crippen molar-refractivity contribution in [2.75, 3.05) is 5.32 Å². The molecule has 0 aliphatic carbocycles. The van der Waals surface area contributed by atoms with Crippen LogP contribution in [0.25, 0.3) is 16.3 Å². The average Bonchev–Trinajstić information content (AvgIpc) is 3.30. The van der Waals surface area contributed by atoms with Crippen LogP contribution in [-0.2, 0) is 10.6 Å². The lowest BCUT2D eigenvalue weighted by Gasteiger charge is -2.40. The van der Waals surface area contributed by atoms with Gasteiger partial charge in [0.1, 0.15) is 6.04 Å². The molecule has 0 spiro atoms. The van der Waals surface area contributed by atoms with Crippen molar-refractivity contribution < 1.29 is 22.0 Å². The minimum atomic E-state index is -4.69. The Kier molecular flexibility index (Phi) is 7.82. The summed E-state index contributed by atoms with van der Waals surface area (Å²) in [5.74, 6) is 0.332. The van der Waals surface area contributed by atoms with Crippen LogP contribution in [0.5, 0.6) is 0 Å². The van der Waals surface area contributed by atoms with Crippen LogP contribution in [0.4, 0.5) is 24.5 Å². The van der Waals surface area contributed by atoms with Crippen LogP contribution in [0.3, 0.4) is 0 Å². The van der Waals surface area contributed by atoms with Gasteiger partial charge in [0.05, 0.1) is 29.9 Å². The molecule has 0 saturated carbocycles. The zero-order valence-electron chi connectivity index (χ0n) is 21.4. The van der Waals surface area contributed by atoms with Crippen LogP contribution in [0.1, 0.15) is 50.8 Å². The van der Waals surface area contributed by atoms with Gasteiger partial charge in [0.15, 0.2) is 14.0 Å². The van der Waals surface area contributed by atoms with E-state index in [2.05, 4.69) is 54.2 Å². The van der Waals surface area contributed by atoms with Crippen molar-refractivity contribution in [2.45, 2.75) is 64.1 Å². The standard InChI is InChI=1S/C26H28F3N5O2Si/c1-16(36-37(6,7)25(2,3)4)22(32-19-12-13-21(31-5)20(14-19)26(27,28)29)24-34-33-23(35-24)18-10-8-17(15-30)9-11-18/h8-14,16,22,32H,1-4,6-7H3/t16?,22-/m1/s1. The maximum Gasteiger partial charge on any atom is 0.407 e. The molecule has 7 nitrogen and oxygen atoms in total. The third-order valence-corrected chi connectivity index (χ3v) is 11.0. The summed E-state index contributed by atoms with van der Waals surface area (Å²) in [6, 6.07) is 11.3. The molecule has 2 aromatic carbocycles. The summed E-state index contributed by atoms with van der Waals surface area (Å²) in [5, 5.41) is 20.3. The molecule has 37 heavy (non-hydrogen) atoms. The largest absolute Gasteiger partial charge is 0.418 e. The second-order valence-corrected chi connectivity index (χ2v) is 14.9. The van der Waals surface area contributed by atoms with E-state index in [9.17, 15) is 13.2 Å². The summed E-state index contributed by atoms with van der Waals surface area (Å²) in [6.45, 7) is 19.3. The van der Waals surface area contributed by atoms with Crippen molar-refractivity contribution in [3.8, 4) is 17.5 Å². The zero-order chi connectivity index (χ0) is 27.6. The van der Waals surface area contributed by atoms with Gasteiger partial charge < -0.3 is 14.2 Å². The molecule has 2 atom stereocenters. The zero-order valence-corrected chi connectivity index (χ0v) is 22.4. The lowest BCUT2D eigenvalue weighted by molar-refractivity contribution is -0.136. The summed E-state index contributed by atoms with van der Waals surface area (Å²) < 4.78 is 53.2. The number of anilines is 1. The minimum Gasteiger partial charge on any atom is -0.418 e. The number of alkyl halides is 3. The van der Waals surface area contributed by atoms with E-state index < -0.39 is 37.9 Å². The second kappa shape index (κ2) is 10.4. The van der Waals surface area contributed by atoms with Gasteiger partial charge in [0, 0.05) is 11.3 Å². The molecule has 0 aliphatic rings. The van der Waals surface area contributed by atoms with Crippen LogP contribution >= 0.6 is 0 Å². The van der Waals surface area contributed by atoms with E-state index in [-0.39, 0.29) is 22.5 Å². The molecular formula is C26H28F3N5O2Si. The molecule has 0 radical (unpaired) electrons. The quantitative estimate of drug-likeness (QED) is 0.250. The molecule has 1 N–H and O–H groups in total. The first-order valence-electron chi connectivity index (χ1n) is 11.5. The van der Waals surface area contributed by atoms with Crippen LogP contribution in [0, 0.1) is 17.9 Å². The third-order valence-electron chi connectivity index (χ3n) is 6.47. The number of hydrogen-bond acceptors (Lipinski definition) is 6. The van der Waals surface area contributed by atoms with Gasteiger partial charge in [-0.25, -0.2) is 4.85 Å². The number of nitriles is 1. The van der Waals surface area contributed by atoms with E-state index in [4.69, 9.17) is 20.7 Å². The van der Waals surface area contributed by atoms with Gasteiger partial charge in [-0.1, -0.05) is 26.8 Å². The van der Waals surface area contributed by atoms with Crippen molar-refractivity contribution in [1.82, 2.24) is 10.2 Å². The topological polar surface area (TPSA) is 88.3 Å². The predicted molar refractivity (Wildman–Crippen MR) is 136 cm³/mol. The fourth-order valence-corrected chi connectivity index (χ4v) is 4.80. The third kappa shape index (κ3) is 6.37. The van der Waals surface area contributed by atoms with E-state index in [0.717, 1.165) is 12.1 Å². The number of rotatable bonds is 7. The van der Waals surface area contributed by atoms with Crippen molar-refractivity contribution in [2.24, 2.45) is 0 Å². The smallest absolute Gasteiger partial charge is 0.407 e. The molecular weight excluding hydrogens is 499 g/mol. The summed E-state index contributed by atoms with van der Waals surface area (Å²) in [6.07, 6.45) is -5.24. The molecule has 11 heteroatoms. The molecule has 1 unspecified atom stereocenters. The number of nitrogens with zero attached hydrogens (tertiary/aromatic N) is 4. The molecule has 0 aliphatic heterocycles. The highest BCUT2D eigenvalue weighted by Gasteiger charge is 2.41. The van der Waals surface area contributed by atoms with Crippen molar-refractivity contribution >= 4 is 19.7 Å². The van der Waals surface area contributed by atoms with E-state index in [1.165, 1.54) is 6.07 Å². The van der Waals surface area contributed by atoms with Gasteiger partial charge in [-0.05, 0) is 61.5 Å². The van der Waals surface area contributed by atoms with Crippen molar-refractivity contribution in [1.29, 1.82) is 5.26 Å². The highest BCUT2D eigenvalue weighted by molar-refractivity contribution is 6.74. The summed E-state index contributed by atoms with van der Waals surface area (Å²) in [5.41, 5.74) is -0.319. The fourth-order valence-electron chi connectivity index (χ4n) is 3.38. The van der Waals surface area contributed by atoms with Crippen molar-refractivity contribution in [3.63, 3.8) is 0 Å². The van der Waals surface area contributed by atoms with E-state index in [0.29, 0.717) is 11.1 Å². The maximum absolute atomic E-state index is 13.6. The molecule has 3 aromatic rings. The first-order chi connectivity index (χ1) is 17.2. The average molecular weight is 528 g/mol. The highest BCUT2D eigenvalue weighted by atomic mass is 28.4. The molecule has 0 amide bonds. The summed E-state index contributed by atoms with van der Waals surface area (Å²) in [4.78, 5) is 3.00. The number of halogens is 3. The van der Waals surface area contributed by atoms with E-state index in [1.807, 2.05) is 13.0 Å². The second-order valence-electron chi connectivity index (χ2n) is 10.2. The Morgan fingerprint density at radius 2 is 1.76 bits per heavy atom. The van der Waals surface area contributed by atoms with Crippen LogP contribution in [0.2, 0.25) is 18.1 Å². The Morgan fingerprint density at radius 1 is 1.11 bits per heavy atom. The van der Waals surface area contributed by atoms with Crippen LogP contribution < -0.4 is 5.32 Å². The Balaban J connectivity index is 2.02. The Morgan fingerprint density at radius 3 is 2.30 bits per heavy atom. The van der Waals surface area contributed by atoms with Crippen molar-refractivity contribution in [3.05, 3.63) is 70.9 Å². The number of aromatic nitrogens is 2. The monoisotopic (exact) mass is 527 g/mol. The normalized spacial score (nSPS) is 13.9. The SMILES string of the molecule is [C-]#[N+]c1ccc(N[C@@H](c2nnc(-c3ccc(C#N)cc3)o2)C(C)O[Si](C)(C)C(C)(C)C)cc1C(F)(F)F. The first-order valence-corrected chi connectivity index (χ1v) is 14.4. The van der Waals surface area contributed by atoms with E-state index in [1.54, 1.807) is 24.3 Å². The molecule has 3 rings (SSSR count). The van der Waals surface area contributed by atoms with Crippen LogP contribution in [-0.4, -0.2) is 24.6 Å². The minimum absolute atomic E-state index is 0.116. The number of benzene rings is 2. The lowest BCUT2D eigenvalue weighted by atomic mass is 10.1. The molecule has 1 heterocycles. The first kappa shape index (κ1) is 27.9. The Bertz CT molecular complexity index is 1330. The Hall–Kier alpha value is -3.67. The maximum atomic E-state index is 13.6. The molecule has 0 fully saturated rings. The van der Waals surface area contributed by atoms with Crippen LogP contribution in [0.15, 0.2) is 46.9 Å². The summed E-state index contributed by atoms with van der Waals surface area (Å²) >= 11 is 0. The molecule has 0 bridgehead atoms. The fraction of sp³-hybridized carbons (Fsp3) is 0.385. The molecule has 194 valence electrons. The lowest BCUT2D eigenvalue weighted by Crippen LogP contribution is -2.45. The highest BCUT2D eigenvalue weighted by Crippen LogP contribution is 2.41. The number of nitrogens with one attached hydrogen (secondary N) is 1. The van der Waals surface area contributed by atoms with Gasteiger partial charge in [-0.3, -0.25) is 0 Å². The predicted octanol–water partition coefficient (Wildman–Crippen LogP) is 7.74. The van der Waals surface area contributed by atoms with Gasteiger partial charge in [0.25, 0.3) is 0 Å². The number of hydrogen-bond donors (Lipinski definition) is 1. The van der Waals surface area contributed by atoms with Gasteiger partial charge in [-0.15, -0.1) is 10.2 Å². The van der Waals surface area contributed by atoms with Gasteiger partial charge >= 0.3 is 6.18 Å². The summed E-state index contributed by atoms with van der Waals surface area (Å²) in [7, 11) is -2.28. The Labute approximate surface area is 215 Å².